The average molecular weight is 134 g/mol. The zero-order valence-electron chi connectivity index (χ0n) is 6.94. The molecule has 0 aromatic heterocycles. The lowest BCUT2D eigenvalue weighted by Crippen LogP contribution is -1.84. The second-order valence-corrected chi connectivity index (χ2v) is 1.36. The molecule has 0 fully saturated rings. The highest BCUT2D eigenvalue weighted by atomic mass is 16.5. The SMILES string of the molecule is CCOC.CCOCC. The standard InChI is InChI=1S/C4H10O.C3H8O/c1-3-5-4-2;1-3-4-2/h3-4H2,1-2H3;3H2,1-2H3. The summed E-state index contributed by atoms with van der Waals surface area (Å²) < 4.78 is 9.38. The molecule has 0 aliphatic carbocycles. The van der Waals surface area contributed by atoms with Crippen molar-refractivity contribution in [2.24, 2.45) is 0 Å². The molecule has 0 heterocycles. The first kappa shape index (κ1) is 11.7. The highest BCUT2D eigenvalue weighted by Crippen LogP contribution is 1.64. The molecule has 0 N–H and O–H groups in total. The molecule has 0 spiro atoms. The predicted octanol–water partition coefficient (Wildman–Crippen LogP) is 1.70. The van der Waals surface area contributed by atoms with Crippen molar-refractivity contribution in [3.05, 3.63) is 0 Å². The van der Waals surface area contributed by atoms with Crippen molar-refractivity contribution in [2.45, 2.75) is 20.8 Å². The van der Waals surface area contributed by atoms with E-state index in [1.807, 2.05) is 20.8 Å². The molecule has 0 saturated carbocycles. The van der Waals surface area contributed by atoms with Crippen LogP contribution in [0.1, 0.15) is 20.8 Å². The summed E-state index contributed by atoms with van der Waals surface area (Å²) in [4.78, 5) is 0. The molecule has 0 atom stereocenters. The van der Waals surface area contributed by atoms with Crippen LogP contribution >= 0.6 is 0 Å². The van der Waals surface area contributed by atoms with E-state index < -0.39 is 0 Å². The van der Waals surface area contributed by atoms with Crippen LogP contribution in [-0.2, 0) is 9.47 Å². The summed E-state index contributed by atoms with van der Waals surface area (Å²) in [5, 5.41) is 0. The van der Waals surface area contributed by atoms with Crippen molar-refractivity contribution in [1.29, 1.82) is 0 Å². The summed E-state index contributed by atoms with van der Waals surface area (Å²) in [6.07, 6.45) is 0. The quantitative estimate of drug-likeness (QED) is 0.585. The molecule has 0 unspecified atom stereocenters. The van der Waals surface area contributed by atoms with Crippen molar-refractivity contribution in [1.82, 2.24) is 0 Å². The third-order valence-corrected chi connectivity index (χ3v) is 0.697. The van der Waals surface area contributed by atoms with E-state index in [4.69, 9.17) is 4.74 Å². The maximum absolute atomic E-state index is 4.83. The Morgan fingerprint density at radius 3 is 1.22 bits per heavy atom. The van der Waals surface area contributed by atoms with Crippen LogP contribution in [0, 0.1) is 0 Å². The van der Waals surface area contributed by atoms with Gasteiger partial charge in [-0.25, -0.2) is 0 Å². The van der Waals surface area contributed by atoms with Gasteiger partial charge in [0.1, 0.15) is 0 Å². The Hall–Kier alpha value is -0.0800. The number of rotatable bonds is 3. The van der Waals surface area contributed by atoms with Crippen LogP contribution in [0.2, 0.25) is 0 Å². The van der Waals surface area contributed by atoms with Gasteiger partial charge in [0.2, 0.25) is 0 Å². The van der Waals surface area contributed by atoms with E-state index in [1.165, 1.54) is 0 Å². The molecule has 0 radical (unpaired) electrons. The minimum absolute atomic E-state index is 0.819. The first-order valence-electron chi connectivity index (χ1n) is 3.40. The first-order valence-corrected chi connectivity index (χ1v) is 3.40. The molecule has 0 saturated heterocycles. The molecular formula is C7H18O2. The lowest BCUT2D eigenvalue weighted by molar-refractivity contribution is 0.162. The summed E-state index contributed by atoms with van der Waals surface area (Å²) >= 11 is 0. The van der Waals surface area contributed by atoms with E-state index in [9.17, 15) is 0 Å². The Labute approximate surface area is 58.2 Å². The third-order valence-electron chi connectivity index (χ3n) is 0.697. The second kappa shape index (κ2) is 15.7. The van der Waals surface area contributed by atoms with E-state index in [0.717, 1.165) is 19.8 Å². The Bertz CT molecular complexity index is 26.1. The number of hydrogen-bond acceptors (Lipinski definition) is 2. The molecule has 0 aromatic carbocycles. The van der Waals surface area contributed by atoms with E-state index >= 15 is 0 Å². The largest absolute Gasteiger partial charge is 0.385 e. The van der Waals surface area contributed by atoms with E-state index in [1.54, 1.807) is 7.11 Å². The Balaban J connectivity index is 0. The molecule has 0 aliphatic heterocycles. The van der Waals surface area contributed by atoms with Crippen molar-refractivity contribution in [3.8, 4) is 0 Å². The van der Waals surface area contributed by atoms with Crippen LogP contribution in [0.15, 0.2) is 0 Å². The van der Waals surface area contributed by atoms with Gasteiger partial charge in [0.15, 0.2) is 0 Å². The maximum atomic E-state index is 4.83. The van der Waals surface area contributed by atoms with Crippen LogP contribution in [-0.4, -0.2) is 26.9 Å². The molecule has 9 heavy (non-hydrogen) atoms. The monoisotopic (exact) mass is 134 g/mol. The summed E-state index contributed by atoms with van der Waals surface area (Å²) in [7, 11) is 1.68. The molecule has 0 amide bonds. The Morgan fingerprint density at radius 1 is 0.889 bits per heavy atom. The lowest BCUT2D eigenvalue weighted by Gasteiger charge is -1.86. The molecule has 58 valence electrons. The highest BCUT2D eigenvalue weighted by molar-refractivity contribution is 4.07. The third kappa shape index (κ3) is 32.6. The second-order valence-electron chi connectivity index (χ2n) is 1.36. The van der Waals surface area contributed by atoms with Gasteiger partial charge in [0, 0.05) is 26.9 Å². The molecule has 0 aliphatic rings. The van der Waals surface area contributed by atoms with E-state index in [2.05, 4.69) is 4.74 Å². The Kier molecular flexibility index (Phi) is 20.3. The van der Waals surface area contributed by atoms with Gasteiger partial charge in [-0.3, -0.25) is 0 Å². The van der Waals surface area contributed by atoms with Gasteiger partial charge >= 0.3 is 0 Å². The summed E-state index contributed by atoms with van der Waals surface area (Å²) in [5.41, 5.74) is 0. The van der Waals surface area contributed by atoms with Crippen LogP contribution < -0.4 is 0 Å². The molecule has 0 bridgehead atoms. The Morgan fingerprint density at radius 2 is 1.22 bits per heavy atom. The van der Waals surface area contributed by atoms with E-state index in [0.29, 0.717) is 0 Å². The predicted molar refractivity (Wildman–Crippen MR) is 39.7 cm³/mol. The van der Waals surface area contributed by atoms with Gasteiger partial charge in [-0.1, -0.05) is 0 Å². The molecule has 2 nitrogen and oxygen atoms in total. The first-order chi connectivity index (χ1) is 4.33. The van der Waals surface area contributed by atoms with Gasteiger partial charge in [0.25, 0.3) is 0 Å². The molecular weight excluding hydrogens is 116 g/mol. The van der Waals surface area contributed by atoms with Crippen molar-refractivity contribution in [3.63, 3.8) is 0 Å². The molecule has 0 rings (SSSR count). The fourth-order valence-corrected chi connectivity index (χ4v) is 0.204. The van der Waals surface area contributed by atoms with Crippen molar-refractivity contribution < 1.29 is 9.47 Å². The number of methoxy groups -OCH3 is 1. The summed E-state index contributed by atoms with van der Waals surface area (Å²) in [6.45, 7) is 8.44. The molecule has 2 heteroatoms. The van der Waals surface area contributed by atoms with E-state index in [-0.39, 0.29) is 0 Å². The zero-order chi connectivity index (χ0) is 7.54. The number of ether oxygens (including phenoxy) is 2. The van der Waals surface area contributed by atoms with Crippen LogP contribution in [0.4, 0.5) is 0 Å². The van der Waals surface area contributed by atoms with Crippen LogP contribution in [0.3, 0.4) is 0 Å². The van der Waals surface area contributed by atoms with Crippen LogP contribution in [0.5, 0.6) is 0 Å². The fraction of sp³-hybridized carbons (Fsp3) is 1.00. The smallest absolute Gasteiger partial charge is 0.0437 e. The summed E-state index contributed by atoms with van der Waals surface area (Å²) in [5.74, 6) is 0. The van der Waals surface area contributed by atoms with Crippen LogP contribution in [0.25, 0.3) is 0 Å². The minimum Gasteiger partial charge on any atom is -0.385 e. The molecule has 0 aromatic rings. The van der Waals surface area contributed by atoms with Gasteiger partial charge in [-0.2, -0.15) is 0 Å². The van der Waals surface area contributed by atoms with Gasteiger partial charge < -0.3 is 9.47 Å². The number of hydrogen-bond donors (Lipinski definition) is 0. The van der Waals surface area contributed by atoms with Gasteiger partial charge in [-0.15, -0.1) is 0 Å². The highest BCUT2D eigenvalue weighted by Gasteiger charge is 1.64. The zero-order valence-corrected chi connectivity index (χ0v) is 6.94. The minimum atomic E-state index is 0.819. The summed E-state index contributed by atoms with van der Waals surface area (Å²) in [6, 6.07) is 0. The fourth-order valence-electron chi connectivity index (χ4n) is 0.204. The van der Waals surface area contributed by atoms with Gasteiger partial charge in [-0.05, 0) is 20.8 Å². The maximum Gasteiger partial charge on any atom is 0.0437 e. The topological polar surface area (TPSA) is 18.5 Å². The van der Waals surface area contributed by atoms with Crippen molar-refractivity contribution >= 4 is 0 Å². The normalized spacial score (nSPS) is 8.00. The van der Waals surface area contributed by atoms with Crippen molar-refractivity contribution in [2.75, 3.05) is 26.9 Å². The lowest BCUT2D eigenvalue weighted by atomic mass is 10.8. The average Bonchev–Trinajstić information content (AvgIpc) is 1.91. The van der Waals surface area contributed by atoms with Gasteiger partial charge in [0.05, 0.1) is 0 Å².